The van der Waals surface area contributed by atoms with Gasteiger partial charge < -0.3 is 14.3 Å². The number of rotatable bonds is 1. The zero-order valence-corrected chi connectivity index (χ0v) is 9.90. The predicted octanol–water partition coefficient (Wildman–Crippen LogP) is 2.74. The summed E-state index contributed by atoms with van der Waals surface area (Å²) in [7, 11) is 0. The van der Waals surface area contributed by atoms with Crippen LogP contribution in [0.1, 0.15) is 24.2 Å². The van der Waals surface area contributed by atoms with E-state index in [1.54, 1.807) is 0 Å². The topological polar surface area (TPSA) is 42.6 Å². The van der Waals surface area contributed by atoms with Crippen molar-refractivity contribution in [2.24, 2.45) is 0 Å². The Morgan fingerprint density at radius 2 is 2.18 bits per heavy atom. The van der Waals surface area contributed by atoms with E-state index in [4.69, 9.17) is 9.15 Å². The van der Waals surface area contributed by atoms with Crippen LogP contribution >= 0.6 is 0 Å². The monoisotopic (exact) mass is 232 g/mol. The second-order valence-electron chi connectivity index (χ2n) is 4.84. The molecule has 3 nitrogen and oxygen atoms in total. The third kappa shape index (κ3) is 1.85. The fourth-order valence-electron chi connectivity index (χ4n) is 2.37. The number of benzene rings is 1. The molecule has 1 unspecified atom stereocenters. The lowest BCUT2D eigenvalue weighted by molar-refractivity contribution is -0.101. The van der Waals surface area contributed by atoms with Crippen molar-refractivity contribution in [3.05, 3.63) is 35.6 Å². The normalized spacial score (nSPS) is 25.3. The third-order valence-corrected chi connectivity index (χ3v) is 3.35. The van der Waals surface area contributed by atoms with Gasteiger partial charge in [0.25, 0.3) is 0 Å². The first kappa shape index (κ1) is 10.8. The molecule has 1 atom stereocenters. The van der Waals surface area contributed by atoms with Crippen LogP contribution in [0, 0.1) is 6.92 Å². The number of ether oxygens (including phenoxy) is 1. The zero-order chi connectivity index (χ0) is 11.9. The summed E-state index contributed by atoms with van der Waals surface area (Å²) in [4.78, 5) is 0. The third-order valence-electron chi connectivity index (χ3n) is 3.35. The summed E-state index contributed by atoms with van der Waals surface area (Å²) in [6, 6.07) is 7.95. The van der Waals surface area contributed by atoms with Crippen LogP contribution in [0.5, 0.6) is 0 Å². The molecule has 0 spiro atoms. The van der Waals surface area contributed by atoms with Gasteiger partial charge in [0.15, 0.2) is 0 Å². The highest BCUT2D eigenvalue weighted by molar-refractivity contribution is 5.78. The number of aliphatic hydroxyl groups is 1. The second kappa shape index (κ2) is 3.86. The zero-order valence-electron chi connectivity index (χ0n) is 9.90. The second-order valence-corrected chi connectivity index (χ2v) is 4.84. The van der Waals surface area contributed by atoms with Crippen molar-refractivity contribution in [1.29, 1.82) is 0 Å². The summed E-state index contributed by atoms with van der Waals surface area (Å²) in [5.41, 5.74) is 1.06. The minimum atomic E-state index is -0.953. The first-order chi connectivity index (χ1) is 8.17. The van der Waals surface area contributed by atoms with Crippen LogP contribution in [0.3, 0.4) is 0 Å². The molecule has 90 valence electrons. The van der Waals surface area contributed by atoms with E-state index in [0.717, 1.165) is 24.0 Å². The van der Waals surface area contributed by atoms with Gasteiger partial charge in [0.2, 0.25) is 0 Å². The maximum Gasteiger partial charge on any atom is 0.145 e. The van der Waals surface area contributed by atoms with Crippen LogP contribution in [0.15, 0.2) is 28.7 Å². The van der Waals surface area contributed by atoms with Crippen molar-refractivity contribution in [2.45, 2.75) is 25.4 Å². The van der Waals surface area contributed by atoms with Gasteiger partial charge in [-0.15, -0.1) is 0 Å². The Bertz CT molecular complexity index is 535. The molecule has 1 aromatic carbocycles. The highest BCUT2D eigenvalue weighted by atomic mass is 16.5. The van der Waals surface area contributed by atoms with Crippen LogP contribution in [0.4, 0.5) is 0 Å². The van der Waals surface area contributed by atoms with Gasteiger partial charge in [-0.25, -0.2) is 0 Å². The van der Waals surface area contributed by atoms with Crippen molar-refractivity contribution in [1.82, 2.24) is 0 Å². The Balaban J connectivity index is 2.05. The van der Waals surface area contributed by atoms with Crippen molar-refractivity contribution in [2.75, 3.05) is 13.2 Å². The van der Waals surface area contributed by atoms with Gasteiger partial charge in [0, 0.05) is 12.0 Å². The first-order valence-corrected chi connectivity index (χ1v) is 5.98. The molecule has 17 heavy (non-hydrogen) atoms. The fraction of sp³-hybridized carbons (Fsp3) is 0.429. The van der Waals surface area contributed by atoms with Crippen LogP contribution in [-0.4, -0.2) is 18.3 Å². The van der Waals surface area contributed by atoms with Crippen LogP contribution in [0.2, 0.25) is 0 Å². The van der Waals surface area contributed by atoms with Crippen LogP contribution in [-0.2, 0) is 10.3 Å². The summed E-state index contributed by atoms with van der Waals surface area (Å²) < 4.78 is 11.1. The van der Waals surface area contributed by atoms with Crippen molar-refractivity contribution in [3.8, 4) is 0 Å². The van der Waals surface area contributed by atoms with E-state index < -0.39 is 5.60 Å². The molecule has 2 aromatic rings. The quantitative estimate of drug-likeness (QED) is 0.822. The molecule has 1 aromatic heterocycles. The molecule has 0 aliphatic carbocycles. The molecule has 2 heterocycles. The van der Waals surface area contributed by atoms with Crippen molar-refractivity contribution >= 4 is 11.0 Å². The maximum absolute atomic E-state index is 10.5. The van der Waals surface area contributed by atoms with Gasteiger partial charge in [0.1, 0.15) is 16.9 Å². The molecular formula is C14H16O3. The molecule has 3 rings (SSSR count). The lowest BCUT2D eigenvalue weighted by Gasteiger charge is -2.29. The highest BCUT2D eigenvalue weighted by Crippen LogP contribution is 2.34. The number of furan rings is 1. The first-order valence-electron chi connectivity index (χ1n) is 5.98. The summed E-state index contributed by atoms with van der Waals surface area (Å²) in [6.45, 7) is 3.10. The van der Waals surface area contributed by atoms with E-state index in [-0.39, 0.29) is 0 Å². The molecule has 0 saturated carbocycles. The van der Waals surface area contributed by atoms with E-state index in [0.29, 0.717) is 18.8 Å². The van der Waals surface area contributed by atoms with E-state index in [1.165, 1.54) is 5.56 Å². The largest absolute Gasteiger partial charge is 0.458 e. The minimum absolute atomic E-state index is 0.325. The maximum atomic E-state index is 10.5. The van der Waals surface area contributed by atoms with Gasteiger partial charge in [-0.1, -0.05) is 11.6 Å². The Kier molecular flexibility index (Phi) is 2.45. The number of hydrogen-bond acceptors (Lipinski definition) is 3. The minimum Gasteiger partial charge on any atom is -0.458 e. The summed E-state index contributed by atoms with van der Waals surface area (Å²) in [6.07, 6.45) is 1.57. The smallest absolute Gasteiger partial charge is 0.145 e. The van der Waals surface area contributed by atoms with Gasteiger partial charge in [-0.3, -0.25) is 0 Å². The van der Waals surface area contributed by atoms with E-state index in [9.17, 15) is 5.11 Å². The van der Waals surface area contributed by atoms with Gasteiger partial charge in [-0.2, -0.15) is 0 Å². The van der Waals surface area contributed by atoms with Crippen molar-refractivity contribution in [3.63, 3.8) is 0 Å². The van der Waals surface area contributed by atoms with Gasteiger partial charge in [-0.05, 0) is 38.0 Å². The molecule has 1 saturated heterocycles. The van der Waals surface area contributed by atoms with Crippen molar-refractivity contribution < 1.29 is 14.3 Å². The Morgan fingerprint density at radius 3 is 2.94 bits per heavy atom. The summed E-state index contributed by atoms with van der Waals surface area (Å²) in [5.74, 6) is 0.623. The predicted molar refractivity (Wildman–Crippen MR) is 64.9 cm³/mol. The molecule has 0 bridgehead atoms. The number of hydrogen-bond donors (Lipinski definition) is 1. The Labute approximate surface area is 100.0 Å². The average molecular weight is 232 g/mol. The Hall–Kier alpha value is -1.32. The SMILES string of the molecule is Cc1ccc2oc(C3(O)CCCOC3)cc2c1. The molecule has 0 amide bonds. The lowest BCUT2D eigenvalue weighted by atomic mass is 9.94. The molecule has 1 fully saturated rings. The van der Waals surface area contributed by atoms with E-state index >= 15 is 0 Å². The lowest BCUT2D eigenvalue weighted by Crippen LogP contribution is -2.35. The van der Waals surface area contributed by atoms with Gasteiger partial charge >= 0.3 is 0 Å². The molecule has 1 aliphatic rings. The summed E-state index contributed by atoms with van der Waals surface area (Å²) in [5, 5.41) is 11.5. The van der Waals surface area contributed by atoms with Gasteiger partial charge in [0.05, 0.1) is 6.61 Å². The highest BCUT2D eigenvalue weighted by Gasteiger charge is 2.35. The number of aryl methyl sites for hydroxylation is 1. The standard InChI is InChI=1S/C14H16O3/c1-10-3-4-12-11(7-10)8-13(17-12)14(15)5-2-6-16-9-14/h3-4,7-8,15H,2,5-6,9H2,1H3. The average Bonchev–Trinajstić information content (AvgIpc) is 2.73. The summed E-state index contributed by atoms with van der Waals surface area (Å²) >= 11 is 0. The molecule has 1 aliphatic heterocycles. The molecular weight excluding hydrogens is 216 g/mol. The number of fused-ring (bicyclic) bond motifs is 1. The van der Waals surface area contributed by atoms with E-state index in [2.05, 4.69) is 6.07 Å². The Morgan fingerprint density at radius 1 is 1.29 bits per heavy atom. The molecule has 3 heteroatoms. The van der Waals surface area contributed by atoms with E-state index in [1.807, 2.05) is 25.1 Å². The molecule has 1 N–H and O–H groups in total. The molecule has 0 radical (unpaired) electrons. The van der Waals surface area contributed by atoms with Crippen LogP contribution < -0.4 is 0 Å². The van der Waals surface area contributed by atoms with Crippen LogP contribution in [0.25, 0.3) is 11.0 Å². The fourth-order valence-corrected chi connectivity index (χ4v) is 2.37.